The lowest BCUT2D eigenvalue weighted by Crippen LogP contribution is -2.07. The number of nitrogen functional groups attached to an aromatic ring is 1. The van der Waals surface area contributed by atoms with Crippen molar-refractivity contribution in [2.45, 2.75) is 32.6 Å². The first-order chi connectivity index (χ1) is 8.15. The molecule has 0 bridgehead atoms. The van der Waals surface area contributed by atoms with Gasteiger partial charge in [0.25, 0.3) is 0 Å². The highest BCUT2D eigenvalue weighted by atomic mass is 16.5. The standard InChI is InChI=1S/C13H19NO3/c1-2-3-4-5-8-17-13(16)11-7-6-10(14)9-12(11)15/h6-7,9,15H,2-5,8,14H2,1H3. The van der Waals surface area contributed by atoms with Gasteiger partial charge in [-0.25, -0.2) is 4.79 Å². The summed E-state index contributed by atoms with van der Waals surface area (Å²) in [6.07, 6.45) is 4.20. The second-order valence-electron chi connectivity index (χ2n) is 3.97. The van der Waals surface area contributed by atoms with Gasteiger partial charge in [0.15, 0.2) is 0 Å². The fraction of sp³-hybridized carbons (Fsp3) is 0.462. The van der Waals surface area contributed by atoms with E-state index in [1.165, 1.54) is 12.1 Å². The fourth-order valence-corrected chi connectivity index (χ4v) is 1.49. The number of aromatic hydroxyl groups is 1. The minimum absolute atomic E-state index is 0.136. The van der Waals surface area contributed by atoms with Gasteiger partial charge in [0.2, 0.25) is 0 Å². The van der Waals surface area contributed by atoms with E-state index in [0.717, 1.165) is 25.7 Å². The number of hydrogen-bond donors (Lipinski definition) is 2. The smallest absolute Gasteiger partial charge is 0.341 e. The molecule has 4 nitrogen and oxygen atoms in total. The highest BCUT2D eigenvalue weighted by molar-refractivity contribution is 5.92. The molecule has 3 N–H and O–H groups in total. The van der Waals surface area contributed by atoms with Crippen molar-refractivity contribution < 1.29 is 14.6 Å². The molecule has 0 fully saturated rings. The van der Waals surface area contributed by atoms with Crippen LogP contribution in [0, 0.1) is 0 Å². The van der Waals surface area contributed by atoms with E-state index in [0.29, 0.717) is 12.3 Å². The number of hydrogen-bond acceptors (Lipinski definition) is 4. The second-order valence-corrected chi connectivity index (χ2v) is 3.97. The number of rotatable bonds is 6. The fourth-order valence-electron chi connectivity index (χ4n) is 1.49. The number of esters is 1. The molecule has 0 aromatic heterocycles. The lowest BCUT2D eigenvalue weighted by Gasteiger charge is -2.06. The number of phenols is 1. The van der Waals surface area contributed by atoms with Gasteiger partial charge in [-0.05, 0) is 18.6 Å². The first-order valence-corrected chi connectivity index (χ1v) is 5.90. The molecular weight excluding hydrogens is 218 g/mol. The molecule has 0 radical (unpaired) electrons. The summed E-state index contributed by atoms with van der Waals surface area (Å²) in [5.74, 6) is -0.637. The van der Waals surface area contributed by atoms with Crippen LogP contribution < -0.4 is 5.73 Å². The first kappa shape index (κ1) is 13.4. The Hall–Kier alpha value is -1.71. The third kappa shape index (κ3) is 4.34. The number of phenolic OH excluding ortho intramolecular Hbond substituents is 1. The molecule has 0 spiro atoms. The maximum Gasteiger partial charge on any atom is 0.341 e. The molecule has 0 atom stereocenters. The lowest BCUT2D eigenvalue weighted by atomic mass is 10.2. The molecule has 0 saturated carbocycles. The molecule has 1 rings (SSSR count). The van der Waals surface area contributed by atoms with Crippen LogP contribution in [-0.4, -0.2) is 17.7 Å². The summed E-state index contributed by atoms with van der Waals surface area (Å²) in [5.41, 5.74) is 6.05. The van der Waals surface area contributed by atoms with E-state index in [1.807, 2.05) is 0 Å². The normalized spacial score (nSPS) is 10.2. The highest BCUT2D eigenvalue weighted by Crippen LogP contribution is 2.20. The van der Waals surface area contributed by atoms with E-state index < -0.39 is 5.97 Å². The molecule has 1 aromatic rings. The minimum atomic E-state index is -0.501. The van der Waals surface area contributed by atoms with Crippen LogP contribution in [0.15, 0.2) is 18.2 Å². The zero-order valence-electron chi connectivity index (χ0n) is 10.1. The van der Waals surface area contributed by atoms with Crippen molar-refractivity contribution in [2.75, 3.05) is 12.3 Å². The topological polar surface area (TPSA) is 72.5 Å². The third-order valence-electron chi connectivity index (χ3n) is 2.47. The average molecular weight is 237 g/mol. The Kier molecular flexibility index (Phi) is 5.33. The van der Waals surface area contributed by atoms with E-state index in [4.69, 9.17) is 10.5 Å². The number of ether oxygens (including phenoxy) is 1. The molecule has 0 unspecified atom stereocenters. The van der Waals surface area contributed by atoms with Crippen molar-refractivity contribution >= 4 is 11.7 Å². The van der Waals surface area contributed by atoms with Crippen LogP contribution >= 0.6 is 0 Å². The van der Waals surface area contributed by atoms with Crippen molar-refractivity contribution in [1.29, 1.82) is 0 Å². The van der Waals surface area contributed by atoms with Crippen molar-refractivity contribution in [2.24, 2.45) is 0 Å². The van der Waals surface area contributed by atoms with Crippen molar-refractivity contribution in [3.8, 4) is 5.75 Å². The van der Waals surface area contributed by atoms with Crippen LogP contribution in [-0.2, 0) is 4.74 Å². The Morgan fingerprint density at radius 1 is 1.35 bits per heavy atom. The van der Waals surface area contributed by atoms with E-state index in [1.54, 1.807) is 6.07 Å². The van der Waals surface area contributed by atoms with Crippen molar-refractivity contribution in [3.05, 3.63) is 23.8 Å². The average Bonchev–Trinajstić information content (AvgIpc) is 2.28. The number of unbranched alkanes of at least 4 members (excludes halogenated alkanes) is 3. The van der Waals surface area contributed by atoms with Gasteiger partial charge in [0, 0.05) is 11.8 Å². The summed E-state index contributed by atoms with van der Waals surface area (Å²) < 4.78 is 5.06. The first-order valence-electron chi connectivity index (χ1n) is 5.90. The molecule has 0 aliphatic heterocycles. The molecule has 0 aliphatic rings. The van der Waals surface area contributed by atoms with E-state index in [9.17, 15) is 9.90 Å². The van der Waals surface area contributed by atoms with E-state index in [-0.39, 0.29) is 11.3 Å². The lowest BCUT2D eigenvalue weighted by molar-refractivity contribution is 0.0494. The molecular formula is C13H19NO3. The van der Waals surface area contributed by atoms with Crippen LogP contribution in [0.3, 0.4) is 0 Å². The van der Waals surface area contributed by atoms with Gasteiger partial charge in [-0.3, -0.25) is 0 Å². The van der Waals surface area contributed by atoms with Gasteiger partial charge in [-0.2, -0.15) is 0 Å². The van der Waals surface area contributed by atoms with Gasteiger partial charge >= 0.3 is 5.97 Å². The van der Waals surface area contributed by atoms with Crippen molar-refractivity contribution in [1.82, 2.24) is 0 Å². The zero-order valence-corrected chi connectivity index (χ0v) is 10.1. The summed E-state index contributed by atoms with van der Waals surface area (Å²) in [5, 5.41) is 9.52. The second kappa shape index (κ2) is 6.78. The Labute approximate surface area is 101 Å². The molecule has 17 heavy (non-hydrogen) atoms. The van der Waals surface area contributed by atoms with E-state index >= 15 is 0 Å². The largest absolute Gasteiger partial charge is 0.507 e. The summed E-state index contributed by atoms with van der Waals surface area (Å²) >= 11 is 0. The molecule has 1 aromatic carbocycles. The maximum absolute atomic E-state index is 11.6. The quantitative estimate of drug-likeness (QED) is 0.453. The van der Waals surface area contributed by atoms with Gasteiger partial charge in [0.1, 0.15) is 11.3 Å². The van der Waals surface area contributed by atoms with E-state index in [2.05, 4.69) is 6.92 Å². The SMILES string of the molecule is CCCCCCOC(=O)c1ccc(N)cc1O. The predicted molar refractivity (Wildman–Crippen MR) is 66.9 cm³/mol. The van der Waals surface area contributed by atoms with Crippen LogP contribution in [0.1, 0.15) is 43.0 Å². The van der Waals surface area contributed by atoms with Crippen LogP contribution in [0.4, 0.5) is 5.69 Å². The third-order valence-corrected chi connectivity index (χ3v) is 2.47. The number of nitrogens with two attached hydrogens (primary N) is 1. The Morgan fingerprint density at radius 2 is 2.12 bits per heavy atom. The Balaban J connectivity index is 2.42. The Bertz CT molecular complexity index is 377. The molecule has 4 heteroatoms. The Morgan fingerprint density at radius 3 is 2.76 bits per heavy atom. The molecule has 0 saturated heterocycles. The minimum Gasteiger partial charge on any atom is -0.507 e. The summed E-state index contributed by atoms with van der Waals surface area (Å²) in [4.78, 5) is 11.6. The number of carbonyl (C=O) groups is 1. The van der Waals surface area contributed by atoms with Crippen LogP contribution in [0.25, 0.3) is 0 Å². The van der Waals surface area contributed by atoms with Crippen LogP contribution in [0.2, 0.25) is 0 Å². The van der Waals surface area contributed by atoms with Gasteiger partial charge in [-0.15, -0.1) is 0 Å². The number of anilines is 1. The summed E-state index contributed by atoms with van der Waals surface area (Å²) in [6, 6.07) is 4.38. The molecule has 0 aliphatic carbocycles. The zero-order chi connectivity index (χ0) is 12.7. The monoisotopic (exact) mass is 237 g/mol. The van der Waals surface area contributed by atoms with Crippen LogP contribution in [0.5, 0.6) is 5.75 Å². The van der Waals surface area contributed by atoms with Crippen molar-refractivity contribution in [3.63, 3.8) is 0 Å². The van der Waals surface area contributed by atoms with Gasteiger partial charge in [-0.1, -0.05) is 26.2 Å². The number of carbonyl (C=O) groups excluding carboxylic acids is 1. The molecule has 0 heterocycles. The predicted octanol–water partition coefficient (Wildman–Crippen LogP) is 2.71. The van der Waals surface area contributed by atoms with Gasteiger partial charge in [0.05, 0.1) is 6.61 Å². The summed E-state index contributed by atoms with van der Waals surface area (Å²) in [6.45, 7) is 2.51. The highest BCUT2D eigenvalue weighted by Gasteiger charge is 2.12. The number of benzene rings is 1. The molecule has 0 amide bonds. The van der Waals surface area contributed by atoms with Gasteiger partial charge < -0.3 is 15.6 Å². The molecule has 94 valence electrons. The summed E-state index contributed by atoms with van der Waals surface area (Å²) in [7, 11) is 0. The maximum atomic E-state index is 11.6.